The quantitative estimate of drug-likeness (QED) is 0.584. The Morgan fingerprint density at radius 2 is 1.94 bits per heavy atom. The van der Waals surface area contributed by atoms with Crippen LogP contribution in [0.5, 0.6) is 0 Å². The zero-order valence-electron chi connectivity index (χ0n) is 10.6. The number of aromatic nitrogens is 2. The average molecular weight is 278 g/mol. The molecule has 0 aliphatic heterocycles. The molecule has 0 amide bonds. The molecule has 0 aliphatic rings. The summed E-state index contributed by atoms with van der Waals surface area (Å²) in [7, 11) is 1.93. The third kappa shape index (κ3) is 4.86. The Labute approximate surface area is 113 Å². The molecular formula is C12H21Cl2N3. The first-order chi connectivity index (χ1) is 8.16. The lowest BCUT2D eigenvalue weighted by Crippen LogP contribution is -2.17. The van der Waals surface area contributed by atoms with Gasteiger partial charge < -0.3 is 5.32 Å². The molecule has 0 bridgehead atoms. The highest BCUT2D eigenvalue weighted by Gasteiger charge is 2.09. The number of rotatable bonds is 8. The molecule has 98 valence electrons. The number of hydrogen-bond donors (Lipinski definition) is 1. The number of nitrogens with zero attached hydrogens (tertiary/aromatic N) is 2. The number of nitrogens with one attached hydrogen (secondary N) is 1. The summed E-state index contributed by atoms with van der Waals surface area (Å²) in [5, 5.41) is 8.46. The van der Waals surface area contributed by atoms with Crippen LogP contribution in [-0.2, 0) is 13.6 Å². The summed E-state index contributed by atoms with van der Waals surface area (Å²) in [5.41, 5.74) is 1.96. The van der Waals surface area contributed by atoms with Crippen LogP contribution in [0, 0.1) is 6.92 Å². The minimum atomic E-state index is 0.775. The van der Waals surface area contributed by atoms with Crippen molar-refractivity contribution in [1.29, 1.82) is 0 Å². The van der Waals surface area contributed by atoms with Crippen LogP contribution in [0.15, 0.2) is 0 Å². The lowest BCUT2D eigenvalue weighted by molar-refractivity contribution is 0.577. The topological polar surface area (TPSA) is 29.9 Å². The van der Waals surface area contributed by atoms with E-state index in [0.29, 0.717) is 0 Å². The van der Waals surface area contributed by atoms with Crippen molar-refractivity contribution in [2.24, 2.45) is 7.05 Å². The normalized spacial score (nSPS) is 11.1. The summed E-state index contributed by atoms with van der Waals surface area (Å²) >= 11 is 11.8. The molecule has 0 spiro atoms. The molecule has 0 radical (unpaired) electrons. The Bertz CT molecular complexity index is 337. The molecule has 17 heavy (non-hydrogen) atoms. The van der Waals surface area contributed by atoms with Crippen LogP contribution in [-0.4, -0.2) is 22.2 Å². The molecule has 0 atom stereocenters. The van der Waals surface area contributed by atoms with Crippen LogP contribution in [0.1, 0.15) is 37.1 Å². The standard InChI is InChI=1S/C12H21Cl2N3/c1-10-12(14)11(17(2)16-10)9-15-8-6-4-3-5-7-13/h15H,3-9H2,1-2H3. The summed E-state index contributed by atoms with van der Waals surface area (Å²) < 4.78 is 1.85. The van der Waals surface area contributed by atoms with Crippen molar-refractivity contribution in [3.63, 3.8) is 0 Å². The summed E-state index contributed by atoms with van der Waals surface area (Å²) in [6.07, 6.45) is 4.76. The van der Waals surface area contributed by atoms with Gasteiger partial charge in [0.15, 0.2) is 0 Å². The van der Waals surface area contributed by atoms with Crippen molar-refractivity contribution in [2.45, 2.75) is 39.2 Å². The number of halogens is 2. The molecule has 5 heteroatoms. The molecule has 1 aromatic rings. The predicted molar refractivity (Wildman–Crippen MR) is 73.8 cm³/mol. The van der Waals surface area contributed by atoms with Crippen molar-refractivity contribution in [3.05, 3.63) is 16.4 Å². The molecule has 1 N–H and O–H groups in total. The van der Waals surface area contributed by atoms with E-state index in [-0.39, 0.29) is 0 Å². The Hall–Kier alpha value is -0.250. The Morgan fingerprint density at radius 1 is 1.24 bits per heavy atom. The fourth-order valence-corrected chi connectivity index (χ4v) is 2.19. The molecule has 0 unspecified atom stereocenters. The zero-order valence-corrected chi connectivity index (χ0v) is 12.1. The minimum Gasteiger partial charge on any atom is -0.311 e. The maximum Gasteiger partial charge on any atom is 0.0860 e. The first-order valence-electron chi connectivity index (χ1n) is 6.11. The number of alkyl halides is 1. The van der Waals surface area contributed by atoms with Crippen molar-refractivity contribution < 1.29 is 0 Å². The monoisotopic (exact) mass is 277 g/mol. The van der Waals surface area contributed by atoms with E-state index < -0.39 is 0 Å². The highest BCUT2D eigenvalue weighted by Crippen LogP contribution is 2.18. The van der Waals surface area contributed by atoms with E-state index in [0.717, 1.165) is 41.8 Å². The smallest absolute Gasteiger partial charge is 0.0860 e. The second-order valence-corrected chi connectivity index (χ2v) is 5.01. The summed E-state index contributed by atoms with van der Waals surface area (Å²) in [6, 6.07) is 0. The Balaban J connectivity index is 2.18. The van der Waals surface area contributed by atoms with Crippen LogP contribution in [0.2, 0.25) is 5.02 Å². The summed E-state index contributed by atoms with van der Waals surface area (Å²) in [6.45, 7) is 3.73. The highest BCUT2D eigenvalue weighted by atomic mass is 35.5. The van der Waals surface area contributed by atoms with Crippen LogP contribution in [0.3, 0.4) is 0 Å². The van der Waals surface area contributed by atoms with Gasteiger partial charge in [-0.05, 0) is 26.3 Å². The maximum absolute atomic E-state index is 6.16. The van der Waals surface area contributed by atoms with Gasteiger partial charge in [0.05, 0.1) is 16.4 Å². The van der Waals surface area contributed by atoms with Crippen LogP contribution in [0.25, 0.3) is 0 Å². The molecular weight excluding hydrogens is 257 g/mol. The second kappa shape index (κ2) is 7.96. The van der Waals surface area contributed by atoms with E-state index in [2.05, 4.69) is 10.4 Å². The lowest BCUT2D eigenvalue weighted by atomic mass is 10.2. The van der Waals surface area contributed by atoms with Gasteiger partial charge in [0.2, 0.25) is 0 Å². The van der Waals surface area contributed by atoms with Gasteiger partial charge in [0, 0.05) is 19.5 Å². The van der Waals surface area contributed by atoms with Crippen molar-refractivity contribution >= 4 is 23.2 Å². The molecule has 0 aromatic carbocycles. The van der Waals surface area contributed by atoms with E-state index in [1.807, 2.05) is 18.7 Å². The van der Waals surface area contributed by atoms with E-state index in [9.17, 15) is 0 Å². The van der Waals surface area contributed by atoms with E-state index in [1.54, 1.807) is 0 Å². The SMILES string of the molecule is Cc1nn(C)c(CNCCCCCCCl)c1Cl. The number of hydrogen-bond acceptors (Lipinski definition) is 2. The molecule has 0 saturated heterocycles. The van der Waals surface area contributed by atoms with Gasteiger partial charge in [-0.3, -0.25) is 4.68 Å². The van der Waals surface area contributed by atoms with Crippen LogP contribution >= 0.6 is 23.2 Å². The van der Waals surface area contributed by atoms with E-state index >= 15 is 0 Å². The largest absolute Gasteiger partial charge is 0.311 e. The zero-order chi connectivity index (χ0) is 12.7. The molecule has 1 heterocycles. The van der Waals surface area contributed by atoms with Gasteiger partial charge in [0.25, 0.3) is 0 Å². The average Bonchev–Trinajstić information content (AvgIpc) is 2.54. The molecule has 1 rings (SSSR count). The number of aryl methyl sites for hydroxylation is 2. The fraction of sp³-hybridized carbons (Fsp3) is 0.750. The van der Waals surface area contributed by atoms with Crippen molar-refractivity contribution in [3.8, 4) is 0 Å². The van der Waals surface area contributed by atoms with Gasteiger partial charge in [-0.25, -0.2) is 0 Å². The highest BCUT2D eigenvalue weighted by molar-refractivity contribution is 6.31. The molecule has 0 fully saturated rings. The summed E-state index contributed by atoms with van der Waals surface area (Å²) in [4.78, 5) is 0. The Morgan fingerprint density at radius 3 is 2.53 bits per heavy atom. The minimum absolute atomic E-state index is 0.775. The number of unbranched alkanes of at least 4 members (excludes halogenated alkanes) is 3. The third-order valence-corrected chi connectivity index (χ3v) is 3.55. The van der Waals surface area contributed by atoms with Gasteiger partial charge in [-0.1, -0.05) is 24.4 Å². The molecule has 1 aromatic heterocycles. The molecule has 3 nitrogen and oxygen atoms in total. The first-order valence-corrected chi connectivity index (χ1v) is 7.02. The predicted octanol–water partition coefficient (Wildman–Crippen LogP) is 3.27. The second-order valence-electron chi connectivity index (χ2n) is 4.25. The van der Waals surface area contributed by atoms with Gasteiger partial charge in [-0.15, -0.1) is 11.6 Å². The summed E-state index contributed by atoms with van der Waals surface area (Å²) in [5.74, 6) is 0.775. The molecule has 0 aliphatic carbocycles. The molecule has 0 saturated carbocycles. The van der Waals surface area contributed by atoms with Crippen LogP contribution < -0.4 is 5.32 Å². The maximum atomic E-state index is 6.16. The lowest BCUT2D eigenvalue weighted by Gasteiger charge is -2.05. The van der Waals surface area contributed by atoms with Crippen LogP contribution in [0.4, 0.5) is 0 Å². The van der Waals surface area contributed by atoms with Crippen molar-refractivity contribution in [1.82, 2.24) is 15.1 Å². The van der Waals surface area contributed by atoms with Gasteiger partial charge >= 0.3 is 0 Å². The van der Waals surface area contributed by atoms with Gasteiger partial charge in [0.1, 0.15) is 0 Å². The van der Waals surface area contributed by atoms with Crippen molar-refractivity contribution in [2.75, 3.05) is 12.4 Å². The van der Waals surface area contributed by atoms with E-state index in [1.165, 1.54) is 19.3 Å². The van der Waals surface area contributed by atoms with E-state index in [4.69, 9.17) is 23.2 Å². The Kier molecular flexibility index (Phi) is 6.93. The first kappa shape index (κ1) is 14.8. The third-order valence-electron chi connectivity index (χ3n) is 2.79. The van der Waals surface area contributed by atoms with Gasteiger partial charge in [-0.2, -0.15) is 5.10 Å². The fourth-order valence-electron chi connectivity index (χ4n) is 1.78.